The second kappa shape index (κ2) is 4.71. The van der Waals surface area contributed by atoms with Gasteiger partial charge >= 0.3 is 18.2 Å². The Kier molecular flexibility index (Phi) is 3.78. The third kappa shape index (κ3) is 2.79. The number of para-hydroxylation sites is 1. The van der Waals surface area contributed by atoms with Crippen molar-refractivity contribution >= 4 is 6.29 Å². The summed E-state index contributed by atoms with van der Waals surface area (Å²) >= 11 is 0. The van der Waals surface area contributed by atoms with Gasteiger partial charge in [0.25, 0.3) is 0 Å². The van der Waals surface area contributed by atoms with Crippen LogP contribution in [0.2, 0.25) is 0 Å². The highest BCUT2D eigenvalue weighted by molar-refractivity contribution is 5.79. The van der Waals surface area contributed by atoms with E-state index in [1.54, 1.807) is 0 Å². The molecule has 1 rings (SSSR count). The lowest BCUT2D eigenvalue weighted by atomic mass is 10.2. The molecule has 0 aliphatic rings. The maximum absolute atomic E-state index is 13.2. The molecule has 0 aliphatic carbocycles. The first-order valence-corrected chi connectivity index (χ1v) is 4.51. The van der Waals surface area contributed by atoms with E-state index in [-0.39, 0.29) is 0 Å². The van der Waals surface area contributed by atoms with Crippen LogP contribution in [-0.4, -0.2) is 24.5 Å². The summed E-state index contributed by atoms with van der Waals surface area (Å²) in [6.07, 6.45) is -11.7. The van der Waals surface area contributed by atoms with Crippen molar-refractivity contribution in [2.45, 2.75) is 18.2 Å². The molecule has 0 N–H and O–H groups in total. The summed E-state index contributed by atoms with van der Waals surface area (Å²) in [5.41, 5.74) is -0.766. The van der Waals surface area contributed by atoms with Crippen molar-refractivity contribution in [1.82, 2.24) is 0 Å². The van der Waals surface area contributed by atoms with E-state index in [4.69, 9.17) is 0 Å². The van der Waals surface area contributed by atoms with Crippen LogP contribution in [0.5, 0.6) is 5.75 Å². The van der Waals surface area contributed by atoms with Crippen LogP contribution >= 0.6 is 0 Å². The third-order valence-electron chi connectivity index (χ3n) is 1.98. The van der Waals surface area contributed by atoms with Gasteiger partial charge in [-0.2, -0.15) is 30.7 Å². The topological polar surface area (TPSA) is 26.3 Å². The lowest BCUT2D eigenvalue weighted by Gasteiger charge is -2.30. The van der Waals surface area contributed by atoms with Crippen molar-refractivity contribution in [1.29, 1.82) is 0 Å². The van der Waals surface area contributed by atoms with Crippen molar-refractivity contribution in [3.63, 3.8) is 0 Å². The zero-order chi connectivity index (χ0) is 14.9. The van der Waals surface area contributed by atoms with Gasteiger partial charge in [-0.15, -0.1) is 0 Å². The van der Waals surface area contributed by atoms with E-state index in [1.807, 2.05) is 0 Å². The Balaban J connectivity index is 3.28. The van der Waals surface area contributed by atoms with Crippen LogP contribution in [0.3, 0.4) is 0 Å². The molecule has 0 saturated carbocycles. The summed E-state index contributed by atoms with van der Waals surface area (Å²) in [4.78, 5) is 10.3. The largest absolute Gasteiger partial charge is 0.470 e. The minimum absolute atomic E-state index is 0.589. The highest BCUT2D eigenvalue weighted by atomic mass is 19.4. The summed E-state index contributed by atoms with van der Waals surface area (Å²) in [5.74, 6) is -7.12. The summed E-state index contributed by atoms with van der Waals surface area (Å²) in [6.45, 7) is 0. The van der Waals surface area contributed by atoms with Crippen molar-refractivity contribution in [3.05, 3.63) is 29.8 Å². The SMILES string of the molecule is O=[C]c1ccccc1OC(F)(C(F)(F)F)C(F)(F)F. The molecule has 1 radical (unpaired) electrons. The lowest BCUT2D eigenvalue weighted by Crippen LogP contribution is -2.57. The number of carbonyl (C=O) groups excluding carboxylic acids is 1. The second-order valence-corrected chi connectivity index (χ2v) is 3.29. The van der Waals surface area contributed by atoms with Gasteiger partial charge in [-0.05, 0) is 12.1 Å². The molecule has 0 saturated heterocycles. The van der Waals surface area contributed by atoms with E-state index in [0.717, 1.165) is 24.5 Å². The van der Waals surface area contributed by atoms with Gasteiger partial charge in [0.2, 0.25) is 6.29 Å². The van der Waals surface area contributed by atoms with Crippen molar-refractivity contribution < 1.29 is 40.3 Å². The van der Waals surface area contributed by atoms with Gasteiger partial charge in [0.15, 0.2) is 0 Å². The smallest absolute Gasteiger partial charge is 0.443 e. The number of benzene rings is 1. The van der Waals surface area contributed by atoms with Crippen LogP contribution < -0.4 is 4.74 Å². The second-order valence-electron chi connectivity index (χ2n) is 3.29. The Labute approximate surface area is 101 Å². The Bertz CT molecular complexity index is 450. The third-order valence-corrected chi connectivity index (χ3v) is 1.98. The molecule has 0 aromatic heterocycles. The van der Waals surface area contributed by atoms with E-state index in [2.05, 4.69) is 4.74 Å². The molecule has 105 valence electrons. The highest BCUT2D eigenvalue weighted by Crippen LogP contribution is 2.47. The summed E-state index contributed by atoms with van der Waals surface area (Å²) < 4.78 is 89.8. The Hall–Kier alpha value is -1.80. The van der Waals surface area contributed by atoms with Crippen LogP contribution in [0.4, 0.5) is 30.7 Å². The minimum atomic E-state index is -6.36. The van der Waals surface area contributed by atoms with Crippen LogP contribution in [0, 0.1) is 0 Å². The Morgan fingerprint density at radius 3 is 1.79 bits per heavy atom. The fraction of sp³-hybridized carbons (Fsp3) is 0.300. The average Bonchev–Trinajstić information content (AvgIpc) is 2.26. The summed E-state index contributed by atoms with van der Waals surface area (Å²) in [6, 6.07) is 3.53. The van der Waals surface area contributed by atoms with Crippen LogP contribution in [0.1, 0.15) is 5.56 Å². The van der Waals surface area contributed by atoms with Crippen molar-refractivity contribution in [3.8, 4) is 5.75 Å². The monoisotopic (exact) mass is 289 g/mol. The van der Waals surface area contributed by atoms with Crippen LogP contribution in [0.25, 0.3) is 0 Å². The first-order valence-electron chi connectivity index (χ1n) is 4.51. The number of halogens is 7. The van der Waals surface area contributed by atoms with E-state index in [0.29, 0.717) is 6.07 Å². The molecule has 0 spiro atoms. The molecule has 1 aromatic rings. The maximum atomic E-state index is 13.2. The summed E-state index contributed by atoms with van der Waals surface area (Å²) in [7, 11) is 0. The molecule has 0 fully saturated rings. The zero-order valence-corrected chi connectivity index (χ0v) is 8.77. The van der Waals surface area contributed by atoms with Crippen molar-refractivity contribution in [2.75, 3.05) is 0 Å². The molecule has 2 nitrogen and oxygen atoms in total. The van der Waals surface area contributed by atoms with Gasteiger partial charge in [0.1, 0.15) is 5.75 Å². The fourth-order valence-corrected chi connectivity index (χ4v) is 1.07. The van der Waals surface area contributed by atoms with E-state index >= 15 is 0 Å². The zero-order valence-electron chi connectivity index (χ0n) is 8.77. The fourth-order valence-electron chi connectivity index (χ4n) is 1.07. The molecule has 0 atom stereocenters. The molecule has 1 aromatic carbocycles. The van der Waals surface area contributed by atoms with Gasteiger partial charge < -0.3 is 4.74 Å². The number of hydrogen-bond donors (Lipinski definition) is 0. The van der Waals surface area contributed by atoms with Crippen LogP contribution in [-0.2, 0) is 4.79 Å². The van der Waals surface area contributed by atoms with E-state index < -0.39 is 29.5 Å². The minimum Gasteiger partial charge on any atom is -0.443 e. The maximum Gasteiger partial charge on any atom is 0.470 e. The first kappa shape index (κ1) is 15.3. The van der Waals surface area contributed by atoms with Gasteiger partial charge in [-0.1, -0.05) is 12.1 Å². The molecular weight excluding hydrogens is 285 g/mol. The average molecular weight is 289 g/mol. The molecule has 0 heterocycles. The quantitative estimate of drug-likeness (QED) is 0.798. The molecule has 0 unspecified atom stereocenters. The first-order chi connectivity index (χ1) is 8.53. The Morgan fingerprint density at radius 1 is 0.895 bits per heavy atom. The normalized spacial score (nSPS) is 13.2. The Morgan fingerprint density at radius 2 is 1.37 bits per heavy atom. The molecule has 0 aliphatic heterocycles. The predicted molar refractivity (Wildman–Crippen MR) is 47.8 cm³/mol. The number of hydrogen-bond acceptors (Lipinski definition) is 2. The van der Waals surface area contributed by atoms with Crippen LogP contribution in [0.15, 0.2) is 24.3 Å². The molecule has 9 heteroatoms. The molecular formula is C10H4F7O2. The molecule has 0 amide bonds. The number of rotatable bonds is 3. The predicted octanol–water partition coefficient (Wildman–Crippen LogP) is 3.31. The number of alkyl halides is 7. The highest BCUT2D eigenvalue weighted by Gasteiger charge is 2.76. The molecule has 19 heavy (non-hydrogen) atoms. The van der Waals surface area contributed by atoms with Gasteiger partial charge in [-0.25, -0.2) is 0 Å². The lowest BCUT2D eigenvalue weighted by molar-refractivity contribution is -0.405. The van der Waals surface area contributed by atoms with E-state index in [1.165, 1.54) is 0 Å². The van der Waals surface area contributed by atoms with Gasteiger partial charge in [0.05, 0.1) is 5.56 Å². The van der Waals surface area contributed by atoms with Crippen molar-refractivity contribution in [2.24, 2.45) is 0 Å². The van der Waals surface area contributed by atoms with Gasteiger partial charge in [-0.3, -0.25) is 4.79 Å². The van der Waals surface area contributed by atoms with E-state index in [9.17, 15) is 35.5 Å². The summed E-state index contributed by atoms with van der Waals surface area (Å²) in [5, 5.41) is 0. The number of ether oxygens (including phenoxy) is 1. The van der Waals surface area contributed by atoms with Gasteiger partial charge in [0, 0.05) is 0 Å². The standard InChI is InChI=1S/C10H4F7O2/c11-8(9(12,13)14,10(15,16)17)19-7-4-2-1-3-6(7)5-18/h1-4H. The molecule has 0 bridgehead atoms.